The van der Waals surface area contributed by atoms with Gasteiger partial charge in [0.15, 0.2) is 0 Å². The maximum Gasteiger partial charge on any atom is 0.253 e. The third-order valence-electron chi connectivity index (χ3n) is 6.23. The molecule has 3 aliphatic rings. The summed E-state index contributed by atoms with van der Waals surface area (Å²) in [5.41, 5.74) is 0.492. The van der Waals surface area contributed by atoms with Gasteiger partial charge in [-0.3, -0.25) is 9.59 Å². The van der Waals surface area contributed by atoms with Gasteiger partial charge >= 0.3 is 0 Å². The first-order valence-corrected chi connectivity index (χ1v) is 9.88. The van der Waals surface area contributed by atoms with E-state index in [0.717, 1.165) is 38.8 Å². The summed E-state index contributed by atoms with van der Waals surface area (Å²) in [6.45, 7) is 4.21. The lowest BCUT2D eigenvalue weighted by atomic mass is 9.71. The van der Waals surface area contributed by atoms with Gasteiger partial charge in [0.25, 0.3) is 5.91 Å². The maximum atomic E-state index is 13.2. The van der Waals surface area contributed by atoms with E-state index < -0.39 is 0 Å². The topological polar surface area (TPSA) is 49.9 Å². The molecular formula is C20H25ClN2O3. The van der Waals surface area contributed by atoms with Gasteiger partial charge in [-0.25, -0.2) is 0 Å². The molecule has 0 saturated carbocycles. The molecule has 4 rings (SSSR count). The minimum absolute atomic E-state index is 0.00995. The molecule has 0 bridgehead atoms. The number of carbonyl (C=O) groups is 2. The van der Waals surface area contributed by atoms with Crippen molar-refractivity contribution in [1.29, 1.82) is 0 Å². The fraction of sp³-hybridized carbons (Fsp3) is 0.600. The number of carbonyl (C=O) groups excluding carboxylic acids is 2. The molecule has 6 heteroatoms. The van der Waals surface area contributed by atoms with E-state index in [1.54, 1.807) is 24.3 Å². The molecule has 3 fully saturated rings. The largest absolute Gasteiger partial charge is 0.381 e. The lowest BCUT2D eigenvalue weighted by Crippen LogP contribution is -2.45. The molecule has 1 atom stereocenters. The standard InChI is InChI=1S/C20H25ClN2O3/c21-16-5-3-15(4-6-16)18(24)23-13-17(19(25)22-9-1-2-10-22)20(14-23)7-11-26-12-8-20/h3-6,17H,1-2,7-14H2/t17-/m1/s1. The first-order chi connectivity index (χ1) is 12.6. The Morgan fingerprint density at radius 1 is 1.04 bits per heavy atom. The number of hydrogen-bond acceptors (Lipinski definition) is 3. The van der Waals surface area contributed by atoms with Crippen molar-refractivity contribution in [2.45, 2.75) is 25.7 Å². The molecule has 5 nitrogen and oxygen atoms in total. The van der Waals surface area contributed by atoms with Gasteiger partial charge in [-0.2, -0.15) is 0 Å². The number of ether oxygens (including phenoxy) is 1. The normalized spacial score (nSPS) is 25.0. The molecule has 0 unspecified atom stereocenters. The predicted octanol–water partition coefficient (Wildman–Crippen LogP) is 2.83. The van der Waals surface area contributed by atoms with Gasteiger partial charge in [-0.1, -0.05) is 11.6 Å². The summed E-state index contributed by atoms with van der Waals surface area (Å²) >= 11 is 5.94. The van der Waals surface area contributed by atoms with E-state index in [1.165, 1.54) is 0 Å². The molecule has 0 aliphatic carbocycles. The number of rotatable bonds is 2. The predicted molar refractivity (Wildman–Crippen MR) is 99.1 cm³/mol. The Kier molecular flexibility index (Phi) is 4.93. The highest BCUT2D eigenvalue weighted by Gasteiger charge is 2.52. The van der Waals surface area contributed by atoms with Crippen LogP contribution in [-0.4, -0.2) is 61.0 Å². The Morgan fingerprint density at radius 3 is 2.35 bits per heavy atom. The molecule has 140 valence electrons. The second-order valence-corrected chi connectivity index (χ2v) is 8.19. The van der Waals surface area contributed by atoms with Crippen molar-refractivity contribution in [3.63, 3.8) is 0 Å². The molecule has 0 aromatic heterocycles. The number of benzene rings is 1. The quantitative estimate of drug-likeness (QED) is 0.797. The number of amides is 2. The average Bonchev–Trinajstić information content (AvgIpc) is 3.31. The van der Waals surface area contributed by atoms with Crippen molar-refractivity contribution in [1.82, 2.24) is 9.80 Å². The van der Waals surface area contributed by atoms with E-state index in [-0.39, 0.29) is 23.1 Å². The van der Waals surface area contributed by atoms with Crippen molar-refractivity contribution >= 4 is 23.4 Å². The van der Waals surface area contributed by atoms with Crippen molar-refractivity contribution in [2.75, 3.05) is 39.4 Å². The lowest BCUT2D eigenvalue weighted by Gasteiger charge is -2.38. The van der Waals surface area contributed by atoms with Crippen LogP contribution in [0.5, 0.6) is 0 Å². The fourth-order valence-corrected chi connectivity index (χ4v) is 4.81. The minimum atomic E-state index is -0.139. The monoisotopic (exact) mass is 376 g/mol. The zero-order valence-corrected chi connectivity index (χ0v) is 15.7. The highest BCUT2D eigenvalue weighted by Crippen LogP contribution is 2.45. The summed E-state index contributed by atoms with van der Waals surface area (Å²) in [6, 6.07) is 7.00. The van der Waals surface area contributed by atoms with Crippen LogP contribution < -0.4 is 0 Å². The first-order valence-electron chi connectivity index (χ1n) is 9.50. The first kappa shape index (κ1) is 17.8. The van der Waals surface area contributed by atoms with Crippen LogP contribution >= 0.6 is 11.6 Å². The molecule has 26 heavy (non-hydrogen) atoms. The van der Waals surface area contributed by atoms with Gasteiger partial charge in [0.2, 0.25) is 5.91 Å². The van der Waals surface area contributed by atoms with Crippen LogP contribution in [0.1, 0.15) is 36.0 Å². The molecule has 1 spiro atoms. The van der Waals surface area contributed by atoms with Crippen LogP contribution in [0.15, 0.2) is 24.3 Å². The molecule has 1 aromatic carbocycles. The van der Waals surface area contributed by atoms with Crippen LogP contribution in [0.2, 0.25) is 5.02 Å². The highest BCUT2D eigenvalue weighted by molar-refractivity contribution is 6.30. The van der Waals surface area contributed by atoms with Crippen molar-refractivity contribution in [3.8, 4) is 0 Å². The summed E-state index contributed by atoms with van der Waals surface area (Å²) in [6.07, 6.45) is 3.87. The smallest absolute Gasteiger partial charge is 0.253 e. The van der Waals surface area contributed by atoms with E-state index >= 15 is 0 Å². The summed E-state index contributed by atoms with van der Waals surface area (Å²) in [5, 5.41) is 0.617. The van der Waals surface area contributed by atoms with Crippen LogP contribution in [0, 0.1) is 11.3 Å². The molecule has 1 aromatic rings. The van der Waals surface area contributed by atoms with E-state index in [2.05, 4.69) is 0 Å². The minimum Gasteiger partial charge on any atom is -0.381 e. The van der Waals surface area contributed by atoms with Crippen molar-refractivity contribution < 1.29 is 14.3 Å². The van der Waals surface area contributed by atoms with Gasteiger partial charge in [0.1, 0.15) is 0 Å². The third kappa shape index (κ3) is 3.23. The second-order valence-electron chi connectivity index (χ2n) is 7.75. The highest BCUT2D eigenvalue weighted by atomic mass is 35.5. The Labute approximate surface area is 159 Å². The SMILES string of the molecule is O=C(c1ccc(Cl)cc1)N1C[C@H](C(=O)N2CCCC2)C2(CCOCC2)C1. The summed E-state index contributed by atoms with van der Waals surface area (Å²) in [4.78, 5) is 30.1. The number of hydrogen-bond donors (Lipinski definition) is 0. The number of halogens is 1. The number of nitrogens with zero attached hydrogens (tertiary/aromatic N) is 2. The Morgan fingerprint density at radius 2 is 1.69 bits per heavy atom. The van der Waals surface area contributed by atoms with Gasteiger partial charge in [-0.15, -0.1) is 0 Å². The molecule has 2 amide bonds. The Balaban J connectivity index is 1.57. The van der Waals surface area contributed by atoms with Gasteiger partial charge in [0, 0.05) is 55.4 Å². The molecule has 0 radical (unpaired) electrons. The molecule has 3 aliphatic heterocycles. The summed E-state index contributed by atoms with van der Waals surface area (Å²) < 4.78 is 5.56. The summed E-state index contributed by atoms with van der Waals surface area (Å²) in [5.74, 6) is 0.112. The maximum absolute atomic E-state index is 13.2. The van der Waals surface area contributed by atoms with Crippen LogP contribution in [-0.2, 0) is 9.53 Å². The van der Waals surface area contributed by atoms with Crippen molar-refractivity contribution in [3.05, 3.63) is 34.9 Å². The van der Waals surface area contributed by atoms with Crippen LogP contribution in [0.3, 0.4) is 0 Å². The Bertz CT molecular complexity index is 679. The van der Waals surface area contributed by atoms with E-state index in [0.29, 0.717) is 36.9 Å². The zero-order valence-electron chi connectivity index (χ0n) is 15.0. The molecule has 0 N–H and O–H groups in total. The fourth-order valence-electron chi connectivity index (χ4n) is 4.68. The zero-order chi connectivity index (χ0) is 18.1. The summed E-state index contributed by atoms with van der Waals surface area (Å²) in [7, 11) is 0. The van der Waals surface area contributed by atoms with E-state index in [9.17, 15) is 9.59 Å². The van der Waals surface area contributed by atoms with Gasteiger partial charge in [0.05, 0.1) is 5.92 Å². The van der Waals surface area contributed by atoms with Crippen LogP contribution in [0.4, 0.5) is 0 Å². The second kappa shape index (κ2) is 7.20. The average molecular weight is 377 g/mol. The van der Waals surface area contributed by atoms with Gasteiger partial charge in [-0.05, 0) is 49.9 Å². The van der Waals surface area contributed by atoms with Gasteiger partial charge < -0.3 is 14.5 Å². The molecule has 3 heterocycles. The lowest BCUT2D eigenvalue weighted by molar-refractivity contribution is -0.139. The number of likely N-dealkylation sites (tertiary alicyclic amines) is 2. The van der Waals surface area contributed by atoms with Crippen molar-refractivity contribution in [2.24, 2.45) is 11.3 Å². The molecule has 3 saturated heterocycles. The third-order valence-corrected chi connectivity index (χ3v) is 6.48. The van der Waals surface area contributed by atoms with E-state index in [1.807, 2.05) is 9.80 Å². The molecular weight excluding hydrogens is 352 g/mol. The van der Waals surface area contributed by atoms with Crippen LogP contribution in [0.25, 0.3) is 0 Å². The van der Waals surface area contributed by atoms with E-state index in [4.69, 9.17) is 16.3 Å². The Hall–Kier alpha value is -1.59.